The first-order valence-electron chi connectivity index (χ1n) is 10.6. The number of amides is 1. The second-order valence-electron chi connectivity index (χ2n) is 9.35. The van der Waals surface area contributed by atoms with Crippen LogP contribution >= 0.6 is 0 Å². The number of halogens is 5. The van der Waals surface area contributed by atoms with Gasteiger partial charge in [-0.3, -0.25) is 19.6 Å². The molecule has 0 saturated heterocycles. The summed E-state index contributed by atoms with van der Waals surface area (Å²) in [5, 5.41) is 2.46. The minimum absolute atomic E-state index is 0.0221. The fourth-order valence-corrected chi connectivity index (χ4v) is 5.54. The van der Waals surface area contributed by atoms with Gasteiger partial charge in [0.2, 0.25) is 5.91 Å². The fourth-order valence-electron chi connectivity index (χ4n) is 5.54. The molecule has 8 nitrogen and oxygen atoms in total. The summed E-state index contributed by atoms with van der Waals surface area (Å²) in [5.41, 5.74) is -5.30. The maximum atomic E-state index is 14.2. The number of rotatable bonds is 5. The number of hydrogen-bond donors (Lipinski definition) is 2. The van der Waals surface area contributed by atoms with E-state index in [-0.39, 0.29) is 16.6 Å². The Labute approximate surface area is 193 Å². The van der Waals surface area contributed by atoms with Gasteiger partial charge in [0, 0.05) is 17.7 Å². The molecule has 0 unspecified atom stereocenters. The first-order valence-corrected chi connectivity index (χ1v) is 10.6. The zero-order valence-electron chi connectivity index (χ0n) is 18.1. The minimum Gasteiger partial charge on any atom is -0.346 e. The molecule has 6 rings (SSSR count). The zero-order valence-corrected chi connectivity index (χ0v) is 18.1. The first kappa shape index (κ1) is 23.1. The van der Waals surface area contributed by atoms with Crippen molar-refractivity contribution in [3.05, 3.63) is 68.9 Å². The monoisotopic (exact) mass is 495 g/mol. The Kier molecular flexibility index (Phi) is 4.91. The highest BCUT2D eigenvalue weighted by Gasteiger charge is 2.81. The van der Waals surface area contributed by atoms with Gasteiger partial charge in [-0.05, 0) is 32.3 Å². The third-order valence-corrected chi connectivity index (χ3v) is 7.10. The van der Waals surface area contributed by atoms with E-state index in [1.54, 1.807) is 0 Å². The van der Waals surface area contributed by atoms with Gasteiger partial charge >= 0.3 is 11.9 Å². The van der Waals surface area contributed by atoms with Crippen molar-refractivity contribution in [2.75, 3.05) is 0 Å². The van der Waals surface area contributed by atoms with Gasteiger partial charge in [0.15, 0.2) is 0 Å². The second kappa shape index (κ2) is 7.43. The molecule has 0 radical (unpaired) electrons. The van der Waals surface area contributed by atoms with Crippen molar-refractivity contribution in [1.82, 2.24) is 24.8 Å². The summed E-state index contributed by atoms with van der Waals surface area (Å²) in [4.78, 5) is 49.4. The summed E-state index contributed by atoms with van der Waals surface area (Å²) in [6.45, 7) is 1.34. The first-order chi connectivity index (χ1) is 16.4. The van der Waals surface area contributed by atoms with Gasteiger partial charge in [0.05, 0.1) is 40.4 Å². The molecule has 3 aromatic heterocycles. The lowest BCUT2D eigenvalue weighted by Crippen LogP contribution is -2.73. The predicted molar refractivity (Wildman–Crippen MR) is 111 cm³/mol. The Hall–Kier alpha value is -3.64. The molecule has 2 atom stereocenters. The largest absolute Gasteiger partial charge is 0.394 e. The molecule has 3 aliphatic carbocycles. The van der Waals surface area contributed by atoms with Crippen LogP contribution in [0.4, 0.5) is 22.0 Å². The molecule has 3 aromatic rings. The van der Waals surface area contributed by atoms with Crippen molar-refractivity contribution in [2.24, 2.45) is 10.8 Å². The predicted octanol–water partition coefficient (Wildman–Crippen LogP) is 2.91. The van der Waals surface area contributed by atoms with E-state index in [2.05, 4.69) is 20.3 Å². The zero-order chi connectivity index (χ0) is 25.3. The summed E-state index contributed by atoms with van der Waals surface area (Å²) in [5.74, 6) is -2.92. The maximum Gasteiger partial charge on any atom is 0.394 e. The number of hydrogen-bond acceptors (Lipinski definition) is 5. The van der Waals surface area contributed by atoms with Crippen molar-refractivity contribution >= 4 is 16.8 Å². The van der Waals surface area contributed by atoms with Crippen LogP contribution in [0.15, 0.2) is 40.3 Å². The molecule has 0 aromatic carbocycles. The summed E-state index contributed by atoms with van der Waals surface area (Å²) >= 11 is 0. The lowest BCUT2D eigenvalue weighted by Gasteiger charge is -2.72. The number of nitrogens with one attached hydrogen (secondary N) is 2. The van der Waals surface area contributed by atoms with Crippen LogP contribution in [-0.4, -0.2) is 31.6 Å². The fraction of sp³-hybridized carbons (Fsp3) is 0.409. The van der Waals surface area contributed by atoms with Crippen LogP contribution in [0.2, 0.25) is 0 Å². The van der Waals surface area contributed by atoms with Gasteiger partial charge in [-0.2, -0.15) is 13.2 Å². The molecule has 13 heteroatoms. The number of carbonyl (C=O) groups excluding carboxylic acids is 1. The van der Waals surface area contributed by atoms with E-state index in [0.29, 0.717) is 10.6 Å². The number of pyridine rings is 2. The molecule has 3 aliphatic rings. The van der Waals surface area contributed by atoms with E-state index >= 15 is 0 Å². The number of alkyl halides is 3. The van der Waals surface area contributed by atoms with E-state index < -0.39 is 77.1 Å². The van der Waals surface area contributed by atoms with Crippen molar-refractivity contribution in [1.29, 1.82) is 0 Å². The highest BCUT2D eigenvalue weighted by molar-refractivity contribution is 5.83. The Morgan fingerprint density at radius 2 is 1.89 bits per heavy atom. The Balaban J connectivity index is 1.56. The van der Waals surface area contributed by atoms with Gasteiger partial charge in [0.25, 0.3) is 5.56 Å². The van der Waals surface area contributed by atoms with Gasteiger partial charge in [0.1, 0.15) is 17.7 Å². The molecular formula is C22H18F5N5O3. The highest BCUT2D eigenvalue weighted by atomic mass is 19.4. The molecular weight excluding hydrogens is 477 g/mol. The smallest absolute Gasteiger partial charge is 0.346 e. The molecule has 2 bridgehead atoms. The molecule has 2 N–H and O–H groups in total. The summed E-state index contributed by atoms with van der Waals surface area (Å²) in [6, 6.07) is -0.831. The summed E-state index contributed by atoms with van der Waals surface area (Å²) < 4.78 is 68.6. The van der Waals surface area contributed by atoms with Crippen LogP contribution in [0, 0.1) is 22.5 Å². The third kappa shape index (κ3) is 3.35. The van der Waals surface area contributed by atoms with Crippen LogP contribution in [0.3, 0.4) is 0 Å². The minimum atomic E-state index is -4.49. The molecule has 3 fully saturated rings. The molecule has 1 amide bonds. The number of aromatic nitrogens is 4. The second-order valence-corrected chi connectivity index (χ2v) is 9.35. The van der Waals surface area contributed by atoms with Crippen LogP contribution in [0.5, 0.6) is 0 Å². The molecule has 184 valence electrons. The summed E-state index contributed by atoms with van der Waals surface area (Å²) in [6.07, 6.45) is -2.50. The van der Waals surface area contributed by atoms with Crippen LogP contribution in [0.25, 0.3) is 10.9 Å². The normalized spacial score (nSPS) is 24.9. The Morgan fingerprint density at radius 1 is 1.20 bits per heavy atom. The van der Waals surface area contributed by atoms with Crippen LogP contribution in [-0.2, 0) is 4.79 Å². The molecule has 35 heavy (non-hydrogen) atoms. The molecule has 3 heterocycles. The van der Waals surface area contributed by atoms with Crippen molar-refractivity contribution < 1.29 is 26.7 Å². The van der Waals surface area contributed by atoms with E-state index in [0.717, 1.165) is 6.20 Å². The Morgan fingerprint density at radius 3 is 2.51 bits per heavy atom. The van der Waals surface area contributed by atoms with Gasteiger partial charge < -0.3 is 10.3 Å². The number of fused-ring (bicyclic) bond motifs is 1. The van der Waals surface area contributed by atoms with E-state index in [9.17, 15) is 36.3 Å². The number of aromatic amines is 1. The molecule has 0 aliphatic heterocycles. The number of H-pyrrole nitrogens is 1. The van der Waals surface area contributed by atoms with Gasteiger partial charge in [-0.15, -0.1) is 0 Å². The Bertz CT molecular complexity index is 1460. The van der Waals surface area contributed by atoms with E-state index in [4.69, 9.17) is 0 Å². The van der Waals surface area contributed by atoms with Crippen LogP contribution in [0.1, 0.15) is 44.0 Å². The van der Waals surface area contributed by atoms with Gasteiger partial charge in [-0.25, -0.2) is 18.1 Å². The van der Waals surface area contributed by atoms with Crippen molar-refractivity contribution in [2.45, 2.75) is 44.4 Å². The average molecular weight is 495 g/mol. The number of carbonyl (C=O) groups is 1. The van der Waals surface area contributed by atoms with E-state index in [1.807, 2.05) is 0 Å². The lowest BCUT2D eigenvalue weighted by molar-refractivity contribution is -0.370. The van der Waals surface area contributed by atoms with Gasteiger partial charge in [-0.1, -0.05) is 0 Å². The van der Waals surface area contributed by atoms with Crippen molar-refractivity contribution in [3.63, 3.8) is 0 Å². The number of nitrogens with zero attached hydrogens (tertiary/aromatic N) is 3. The standard InChI is InChI=1S/C22H18F5N5O3/c1-10(15-13(24)4-11(23)5-29-15)30-17(33)16(20-7-21(8-20,9-20)22(25,26)27)32-18(34)12-2-3-28-6-14(12)31-19(32)35/h2-6,10,16H,7-9H2,1H3,(H,30,33)(H,31,35)/t10-,16-,20?,21?/m0/s1. The quantitative estimate of drug-likeness (QED) is 0.529. The van der Waals surface area contributed by atoms with E-state index in [1.165, 1.54) is 25.4 Å². The third-order valence-electron chi connectivity index (χ3n) is 7.10. The highest BCUT2D eigenvalue weighted by Crippen LogP contribution is 2.81. The topological polar surface area (TPSA) is 110 Å². The van der Waals surface area contributed by atoms with Crippen LogP contribution < -0.4 is 16.6 Å². The lowest BCUT2D eigenvalue weighted by atomic mass is 9.32. The summed E-state index contributed by atoms with van der Waals surface area (Å²) in [7, 11) is 0. The average Bonchev–Trinajstić information content (AvgIpc) is 2.69. The van der Waals surface area contributed by atoms with Crippen molar-refractivity contribution in [3.8, 4) is 0 Å². The molecule has 0 spiro atoms. The maximum absolute atomic E-state index is 14.2. The molecule has 3 saturated carbocycles. The SMILES string of the molecule is C[C@H](NC(=O)[C@H](n1c(=O)[nH]c2cnccc2c1=O)C12CC(C(F)(F)F)(C1)C2)c1ncc(F)cc1F.